The summed E-state index contributed by atoms with van der Waals surface area (Å²) in [6, 6.07) is 9.77. The molecule has 6 heteroatoms. The summed E-state index contributed by atoms with van der Waals surface area (Å²) in [5.41, 5.74) is 1.15. The first-order chi connectivity index (χ1) is 9.47. The van der Waals surface area contributed by atoms with Crippen molar-refractivity contribution >= 4 is 11.3 Å². The molecule has 0 aliphatic heterocycles. The van der Waals surface area contributed by atoms with Crippen molar-refractivity contribution in [1.82, 2.24) is 4.98 Å². The Morgan fingerprint density at radius 1 is 1.20 bits per heavy atom. The van der Waals surface area contributed by atoms with Crippen LogP contribution < -0.4 is 0 Å². The summed E-state index contributed by atoms with van der Waals surface area (Å²) in [5, 5.41) is 8.97. The standard InChI is InChI=1S/C14H14F3NOS/c15-14(16,17)13-18-9-12(20-13)11(19)8-4-7-10-5-2-1-3-6-10/h1-3,5-6,9,11,19H,4,7-8H2. The molecule has 1 atom stereocenters. The van der Waals surface area contributed by atoms with Crippen molar-refractivity contribution in [2.24, 2.45) is 0 Å². The quantitative estimate of drug-likeness (QED) is 0.897. The van der Waals surface area contributed by atoms with E-state index in [1.54, 1.807) is 0 Å². The van der Waals surface area contributed by atoms with Gasteiger partial charge >= 0.3 is 6.18 Å². The second kappa shape index (κ2) is 6.37. The van der Waals surface area contributed by atoms with E-state index in [1.165, 1.54) is 0 Å². The van der Waals surface area contributed by atoms with Crippen LogP contribution >= 0.6 is 11.3 Å². The second-order valence-electron chi connectivity index (χ2n) is 4.46. The van der Waals surface area contributed by atoms with Gasteiger partial charge in [-0.1, -0.05) is 30.3 Å². The number of aliphatic hydroxyl groups excluding tert-OH is 1. The van der Waals surface area contributed by atoms with E-state index >= 15 is 0 Å². The van der Waals surface area contributed by atoms with E-state index in [0.29, 0.717) is 24.2 Å². The number of alkyl halides is 3. The van der Waals surface area contributed by atoms with Crippen molar-refractivity contribution in [3.8, 4) is 0 Å². The molecular formula is C14H14F3NOS. The molecule has 0 bridgehead atoms. The predicted octanol–water partition coefficient (Wildman–Crippen LogP) is 4.22. The monoisotopic (exact) mass is 301 g/mol. The fourth-order valence-corrected chi connectivity index (χ4v) is 2.66. The van der Waals surface area contributed by atoms with Crippen LogP contribution in [0.3, 0.4) is 0 Å². The normalized spacial score (nSPS) is 13.4. The minimum atomic E-state index is -4.44. The molecule has 1 heterocycles. The number of benzene rings is 1. The van der Waals surface area contributed by atoms with Crippen LogP contribution in [0.2, 0.25) is 0 Å². The van der Waals surface area contributed by atoms with Crippen LogP contribution in [0.4, 0.5) is 13.2 Å². The lowest BCUT2D eigenvalue weighted by molar-refractivity contribution is -0.137. The molecule has 0 aliphatic carbocycles. The van der Waals surface area contributed by atoms with Crippen LogP contribution in [0.15, 0.2) is 36.5 Å². The highest BCUT2D eigenvalue weighted by atomic mass is 32.1. The van der Waals surface area contributed by atoms with Crippen molar-refractivity contribution in [1.29, 1.82) is 0 Å². The van der Waals surface area contributed by atoms with Gasteiger partial charge in [0.1, 0.15) is 0 Å². The molecular weight excluding hydrogens is 287 g/mol. The van der Waals surface area contributed by atoms with Gasteiger partial charge in [0.05, 0.1) is 11.0 Å². The molecule has 1 aromatic heterocycles. The molecule has 20 heavy (non-hydrogen) atoms. The number of nitrogens with zero attached hydrogens (tertiary/aromatic N) is 1. The van der Waals surface area contributed by atoms with E-state index in [4.69, 9.17) is 0 Å². The van der Waals surface area contributed by atoms with Crippen molar-refractivity contribution in [2.45, 2.75) is 31.5 Å². The number of hydrogen-bond donors (Lipinski definition) is 1. The third kappa shape index (κ3) is 4.05. The highest BCUT2D eigenvalue weighted by Gasteiger charge is 2.35. The van der Waals surface area contributed by atoms with Gasteiger partial charge in [0.25, 0.3) is 0 Å². The summed E-state index contributed by atoms with van der Waals surface area (Å²) in [5.74, 6) is 0. The Labute approximate surface area is 118 Å². The summed E-state index contributed by atoms with van der Waals surface area (Å²) in [4.78, 5) is 3.58. The molecule has 1 N–H and O–H groups in total. The summed E-state index contributed by atoms with van der Waals surface area (Å²) in [6.07, 6.45) is -2.28. The fourth-order valence-electron chi connectivity index (χ4n) is 1.86. The van der Waals surface area contributed by atoms with Crippen molar-refractivity contribution in [3.05, 3.63) is 52.0 Å². The Balaban J connectivity index is 1.86. The van der Waals surface area contributed by atoms with Crippen LogP contribution in [-0.2, 0) is 12.6 Å². The van der Waals surface area contributed by atoms with E-state index in [9.17, 15) is 18.3 Å². The maximum Gasteiger partial charge on any atom is 0.443 e. The van der Waals surface area contributed by atoms with Gasteiger partial charge in [0, 0.05) is 6.20 Å². The number of rotatable bonds is 5. The molecule has 0 saturated heterocycles. The Morgan fingerprint density at radius 3 is 2.50 bits per heavy atom. The average molecular weight is 301 g/mol. The van der Waals surface area contributed by atoms with Crippen LogP contribution in [-0.4, -0.2) is 10.1 Å². The number of thiazole rings is 1. The molecule has 0 saturated carbocycles. The van der Waals surface area contributed by atoms with E-state index < -0.39 is 17.3 Å². The Bertz CT molecular complexity index is 539. The minimum Gasteiger partial charge on any atom is -0.388 e. The molecule has 0 aliphatic rings. The topological polar surface area (TPSA) is 33.1 Å². The summed E-state index contributed by atoms with van der Waals surface area (Å²) < 4.78 is 37.2. The highest BCUT2D eigenvalue weighted by molar-refractivity contribution is 7.11. The summed E-state index contributed by atoms with van der Waals surface area (Å²) in [7, 11) is 0. The van der Waals surface area contributed by atoms with Crippen molar-refractivity contribution in [3.63, 3.8) is 0 Å². The predicted molar refractivity (Wildman–Crippen MR) is 71.5 cm³/mol. The van der Waals surface area contributed by atoms with Crippen LogP contribution in [0.25, 0.3) is 0 Å². The molecule has 0 spiro atoms. The molecule has 0 radical (unpaired) electrons. The van der Waals surface area contributed by atoms with Gasteiger partial charge < -0.3 is 5.11 Å². The number of hydrogen-bond acceptors (Lipinski definition) is 3. The largest absolute Gasteiger partial charge is 0.443 e. The van der Waals surface area contributed by atoms with E-state index in [-0.39, 0.29) is 4.88 Å². The fraction of sp³-hybridized carbons (Fsp3) is 0.357. The molecule has 0 fully saturated rings. The lowest BCUT2D eigenvalue weighted by Crippen LogP contribution is -2.03. The lowest BCUT2D eigenvalue weighted by atomic mass is 10.1. The van der Waals surface area contributed by atoms with Crippen molar-refractivity contribution in [2.75, 3.05) is 0 Å². The second-order valence-corrected chi connectivity index (χ2v) is 5.52. The number of aromatic nitrogens is 1. The van der Waals surface area contributed by atoms with Crippen LogP contribution in [0, 0.1) is 0 Å². The number of aliphatic hydroxyl groups is 1. The van der Waals surface area contributed by atoms with Gasteiger partial charge in [0.15, 0.2) is 5.01 Å². The van der Waals surface area contributed by atoms with Crippen molar-refractivity contribution < 1.29 is 18.3 Å². The zero-order chi connectivity index (χ0) is 14.6. The smallest absolute Gasteiger partial charge is 0.388 e. The number of aryl methyl sites for hydroxylation is 1. The van der Waals surface area contributed by atoms with Gasteiger partial charge in [-0.15, -0.1) is 11.3 Å². The lowest BCUT2D eigenvalue weighted by Gasteiger charge is -2.07. The molecule has 108 valence electrons. The third-order valence-corrected chi connectivity index (χ3v) is 4.02. The summed E-state index contributed by atoms with van der Waals surface area (Å²) in [6.45, 7) is 0. The third-order valence-electron chi connectivity index (χ3n) is 2.88. The minimum absolute atomic E-state index is 0.269. The van der Waals surface area contributed by atoms with Gasteiger partial charge in [0.2, 0.25) is 0 Å². The summed E-state index contributed by atoms with van der Waals surface area (Å²) >= 11 is 0.508. The molecule has 2 rings (SSSR count). The molecule has 2 nitrogen and oxygen atoms in total. The first kappa shape index (κ1) is 15.0. The highest BCUT2D eigenvalue weighted by Crippen LogP contribution is 2.35. The molecule has 2 aromatic rings. The Kier molecular flexibility index (Phi) is 4.77. The van der Waals surface area contributed by atoms with Gasteiger partial charge in [-0.25, -0.2) is 4.98 Å². The van der Waals surface area contributed by atoms with Gasteiger partial charge in [-0.05, 0) is 24.8 Å². The average Bonchev–Trinajstić information content (AvgIpc) is 2.89. The number of halogens is 3. The first-order valence-corrected chi connectivity index (χ1v) is 7.03. The van der Waals surface area contributed by atoms with Gasteiger partial charge in [-0.2, -0.15) is 13.2 Å². The maximum absolute atomic E-state index is 12.4. The SMILES string of the molecule is OC(CCCc1ccccc1)c1cnc(C(F)(F)F)s1. The van der Waals surface area contributed by atoms with Crippen LogP contribution in [0.5, 0.6) is 0 Å². The van der Waals surface area contributed by atoms with E-state index in [2.05, 4.69) is 4.98 Å². The molecule has 1 unspecified atom stereocenters. The zero-order valence-corrected chi connectivity index (χ0v) is 11.4. The first-order valence-electron chi connectivity index (χ1n) is 6.22. The maximum atomic E-state index is 12.4. The van der Waals surface area contributed by atoms with E-state index in [0.717, 1.165) is 18.2 Å². The van der Waals surface area contributed by atoms with Gasteiger partial charge in [-0.3, -0.25) is 0 Å². The molecule has 1 aromatic carbocycles. The Hall–Kier alpha value is -1.40. The molecule has 0 amide bonds. The van der Waals surface area contributed by atoms with E-state index in [1.807, 2.05) is 30.3 Å². The van der Waals surface area contributed by atoms with Crippen LogP contribution in [0.1, 0.15) is 34.4 Å². The Morgan fingerprint density at radius 2 is 1.90 bits per heavy atom. The zero-order valence-electron chi connectivity index (χ0n) is 10.6.